The number of nitrogens with one attached hydrogen (secondary N) is 1. The number of rotatable bonds is 3. The summed E-state index contributed by atoms with van der Waals surface area (Å²) in [7, 11) is 0. The molecule has 0 aliphatic heterocycles. The average Bonchev–Trinajstić information content (AvgIpc) is 2.70. The average molecular weight is 252 g/mol. The summed E-state index contributed by atoms with van der Waals surface area (Å²) in [4.78, 5) is 0. The van der Waals surface area contributed by atoms with Crippen LogP contribution in [0.5, 0.6) is 5.75 Å². The number of H-pyrrole nitrogens is 1. The summed E-state index contributed by atoms with van der Waals surface area (Å²) in [6.07, 6.45) is 0. The topological polar surface area (TPSA) is 63.9 Å². The van der Waals surface area contributed by atoms with Gasteiger partial charge in [0.1, 0.15) is 11.6 Å². The minimum absolute atomic E-state index is 0.462. The van der Waals surface area contributed by atoms with Crippen molar-refractivity contribution in [1.29, 1.82) is 0 Å². The fourth-order valence-corrected chi connectivity index (χ4v) is 1.90. The molecule has 1 aromatic carbocycles. The fraction of sp³-hybridized carbons (Fsp3) is 0.250. The van der Waals surface area contributed by atoms with Crippen molar-refractivity contribution >= 4 is 17.4 Å². The molecule has 0 aliphatic carbocycles. The summed E-state index contributed by atoms with van der Waals surface area (Å²) in [5.41, 5.74) is 8.47. The maximum absolute atomic E-state index is 6.15. The number of hydrogen-bond donors (Lipinski definition) is 2. The first-order valence-corrected chi connectivity index (χ1v) is 5.73. The lowest BCUT2D eigenvalue weighted by Crippen LogP contribution is -1.94. The van der Waals surface area contributed by atoms with E-state index in [1.807, 2.05) is 26.0 Å². The van der Waals surface area contributed by atoms with Gasteiger partial charge in [0.2, 0.25) is 0 Å². The number of aromatic nitrogens is 2. The van der Waals surface area contributed by atoms with Gasteiger partial charge < -0.3 is 10.5 Å². The standard InChI is InChI=1S/C12H14ClN3O/c1-3-17-11-4-7(2)8(5-9(11)13)10-6-12(14)16-15-10/h4-6H,3H2,1-2H3,(H3,14,15,16). The minimum Gasteiger partial charge on any atom is -0.492 e. The van der Waals surface area contributed by atoms with Crippen molar-refractivity contribution in [2.45, 2.75) is 13.8 Å². The van der Waals surface area contributed by atoms with E-state index in [0.717, 1.165) is 16.8 Å². The molecule has 1 aromatic heterocycles. The number of aryl methyl sites for hydroxylation is 1. The van der Waals surface area contributed by atoms with Crippen LogP contribution in [0.1, 0.15) is 12.5 Å². The normalized spacial score (nSPS) is 10.5. The Bertz CT molecular complexity index is 537. The second-order valence-electron chi connectivity index (χ2n) is 3.74. The van der Waals surface area contributed by atoms with Crippen molar-refractivity contribution in [2.24, 2.45) is 0 Å². The SMILES string of the molecule is CCOc1cc(C)c(-c2cc(N)n[nH]2)cc1Cl. The maximum Gasteiger partial charge on any atom is 0.145 e. The van der Waals surface area contributed by atoms with Crippen LogP contribution in [0.2, 0.25) is 5.02 Å². The first kappa shape index (κ1) is 11.8. The molecule has 0 radical (unpaired) electrons. The van der Waals surface area contributed by atoms with E-state index >= 15 is 0 Å². The van der Waals surface area contributed by atoms with Gasteiger partial charge in [0, 0.05) is 11.6 Å². The zero-order chi connectivity index (χ0) is 12.4. The number of ether oxygens (including phenoxy) is 1. The predicted octanol–water partition coefficient (Wildman–Crippen LogP) is 3.02. The van der Waals surface area contributed by atoms with E-state index in [1.165, 1.54) is 0 Å². The van der Waals surface area contributed by atoms with Gasteiger partial charge in [-0.25, -0.2) is 0 Å². The molecule has 0 amide bonds. The molecule has 1 heterocycles. The molecule has 0 bridgehead atoms. The van der Waals surface area contributed by atoms with E-state index in [2.05, 4.69) is 10.2 Å². The van der Waals surface area contributed by atoms with Crippen molar-refractivity contribution in [3.63, 3.8) is 0 Å². The van der Waals surface area contributed by atoms with Crippen LogP contribution in [0, 0.1) is 6.92 Å². The number of hydrogen-bond acceptors (Lipinski definition) is 3. The maximum atomic E-state index is 6.15. The highest BCUT2D eigenvalue weighted by Crippen LogP contribution is 2.33. The number of halogens is 1. The molecule has 0 aliphatic rings. The lowest BCUT2D eigenvalue weighted by molar-refractivity contribution is 0.340. The van der Waals surface area contributed by atoms with Crippen LogP contribution in [0.3, 0.4) is 0 Å². The molecule has 2 rings (SSSR count). The Morgan fingerprint density at radius 2 is 2.18 bits per heavy atom. The molecule has 90 valence electrons. The van der Waals surface area contributed by atoms with Crippen LogP contribution in [-0.4, -0.2) is 16.8 Å². The smallest absolute Gasteiger partial charge is 0.145 e. The van der Waals surface area contributed by atoms with Crippen LogP contribution in [0.4, 0.5) is 5.82 Å². The second-order valence-corrected chi connectivity index (χ2v) is 4.14. The molecule has 0 fully saturated rings. The molecule has 5 heteroatoms. The van der Waals surface area contributed by atoms with Crippen molar-refractivity contribution in [2.75, 3.05) is 12.3 Å². The minimum atomic E-state index is 0.462. The molecule has 0 spiro atoms. The summed E-state index contributed by atoms with van der Waals surface area (Å²) in [5, 5.41) is 7.35. The Morgan fingerprint density at radius 1 is 1.41 bits per heavy atom. The van der Waals surface area contributed by atoms with E-state index < -0.39 is 0 Å². The Balaban J connectivity index is 2.46. The summed E-state index contributed by atoms with van der Waals surface area (Å²) < 4.78 is 5.43. The van der Waals surface area contributed by atoms with Crippen molar-refractivity contribution in [3.8, 4) is 17.0 Å². The summed E-state index contributed by atoms with van der Waals surface area (Å²) in [5.74, 6) is 1.16. The van der Waals surface area contributed by atoms with E-state index in [1.54, 1.807) is 6.07 Å². The molecule has 0 saturated heterocycles. The van der Waals surface area contributed by atoms with Gasteiger partial charge in [-0.3, -0.25) is 5.10 Å². The van der Waals surface area contributed by atoms with Gasteiger partial charge in [-0.1, -0.05) is 11.6 Å². The fourth-order valence-electron chi connectivity index (χ4n) is 1.69. The molecule has 3 N–H and O–H groups in total. The van der Waals surface area contributed by atoms with Gasteiger partial charge in [-0.05, 0) is 31.5 Å². The lowest BCUT2D eigenvalue weighted by atomic mass is 10.1. The van der Waals surface area contributed by atoms with Crippen LogP contribution in [-0.2, 0) is 0 Å². The van der Waals surface area contributed by atoms with Crippen molar-refractivity contribution < 1.29 is 4.74 Å². The third kappa shape index (κ3) is 2.36. The van der Waals surface area contributed by atoms with E-state index in [-0.39, 0.29) is 0 Å². The van der Waals surface area contributed by atoms with Gasteiger partial charge >= 0.3 is 0 Å². The highest BCUT2D eigenvalue weighted by molar-refractivity contribution is 6.32. The number of benzene rings is 1. The summed E-state index contributed by atoms with van der Waals surface area (Å²) >= 11 is 6.15. The van der Waals surface area contributed by atoms with Gasteiger partial charge in [-0.15, -0.1) is 0 Å². The van der Waals surface area contributed by atoms with Crippen molar-refractivity contribution in [1.82, 2.24) is 10.2 Å². The zero-order valence-electron chi connectivity index (χ0n) is 9.75. The summed E-state index contributed by atoms with van der Waals surface area (Å²) in [6, 6.07) is 5.55. The quantitative estimate of drug-likeness (QED) is 0.881. The molecule has 17 heavy (non-hydrogen) atoms. The number of nitrogen functional groups attached to an aromatic ring is 1. The Labute approximate surface area is 105 Å². The zero-order valence-corrected chi connectivity index (χ0v) is 10.5. The Kier molecular flexibility index (Phi) is 3.24. The van der Waals surface area contributed by atoms with E-state index in [0.29, 0.717) is 23.2 Å². The highest BCUT2D eigenvalue weighted by Gasteiger charge is 2.10. The van der Waals surface area contributed by atoms with Crippen LogP contribution in [0.15, 0.2) is 18.2 Å². The molecular weight excluding hydrogens is 238 g/mol. The van der Waals surface area contributed by atoms with Crippen molar-refractivity contribution in [3.05, 3.63) is 28.8 Å². The van der Waals surface area contributed by atoms with Gasteiger partial charge in [0.25, 0.3) is 0 Å². The molecule has 4 nitrogen and oxygen atoms in total. The third-order valence-electron chi connectivity index (χ3n) is 2.47. The molecular formula is C12H14ClN3O. The molecule has 2 aromatic rings. The lowest BCUT2D eigenvalue weighted by Gasteiger charge is -2.10. The predicted molar refractivity (Wildman–Crippen MR) is 69.4 cm³/mol. The van der Waals surface area contributed by atoms with E-state index in [9.17, 15) is 0 Å². The number of nitrogens with zero attached hydrogens (tertiary/aromatic N) is 1. The highest BCUT2D eigenvalue weighted by atomic mass is 35.5. The Morgan fingerprint density at radius 3 is 2.76 bits per heavy atom. The van der Waals surface area contributed by atoms with Gasteiger partial charge in [0.05, 0.1) is 17.3 Å². The molecule has 0 atom stereocenters. The molecule has 0 saturated carbocycles. The first-order valence-electron chi connectivity index (χ1n) is 5.36. The van der Waals surface area contributed by atoms with Crippen LogP contribution >= 0.6 is 11.6 Å². The number of nitrogens with two attached hydrogens (primary N) is 1. The third-order valence-corrected chi connectivity index (χ3v) is 2.76. The Hall–Kier alpha value is -1.68. The van der Waals surface area contributed by atoms with Gasteiger partial charge in [0.15, 0.2) is 0 Å². The molecule has 0 unspecified atom stereocenters. The summed E-state index contributed by atoms with van der Waals surface area (Å²) in [6.45, 7) is 4.51. The largest absolute Gasteiger partial charge is 0.492 e. The first-order chi connectivity index (χ1) is 8.11. The van der Waals surface area contributed by atoms with Crippen LogP contribution < -0.4 is 10.5 Å². The van der Waals surface area contributed by atoms with Gasteiger partial charge in [-0.2, -0.15) is 5.10 Å². The van der Waals surface area contributed by atoms with E-state index in [4.69, 9.17) is 22.1 Å². The second kappa shape index (κ2) is 4.67. The van der Waals surface area contributed by atoms with Crippen LogP contribution in [0.25, 0.3) is 11.3 Å². The number of aromatic amines is 1. The monoisotopic (exact) mass is 251 g/mol. The number of anilines is 1.